The highest BCUT2D eigenvalue weighted by Crippen LogP contribution is 2.25. The molecule has 0 fully saturated rings. The Balaban J connectivity index is 2.09. The molecule has 0 saturated heterocycles. The van der Waals surface area contributed by atoms with E-state index < -0.39 is 48.5 Å². The third-order valence-corrected chi connectivity index (χ3v) is 6.42. The lowest BCUT2D eigenvalue weighted by molar-refractivity contribution is -0.150. The van der Waals surface area contributed by atoms with Gasteiger partial charge in [0.15, 0.2) is 17.3 Å². The summed E-state index contributed by atoms with van der Waals surface area (Å²) in [4.78, 5) is 50.3. The van der Waals surface area contributed by atoms with Crippen LogP contribution in [-0.4, -0.2) is 57.7 Å². The fourth-order valence-corrected chi connectivity index (χ4v) is 4.71. The Bertz CT molecular complexity index is 1160. The highest BCUT2D eigenvalue weighted by Gasteiger charge is 2.32. The molecule has 10 nitrogen and oxygen atoms in total. The maximum absolute atomic E-state index is 14.2. The molecule has 36 heavy (non-hydrogen) atoms. The van der Waals surface area contributed by atoms with Gasteiger partial charge in [-0.2, -0.15) is 0 Å². The van der Waals surface area contributed by atoms with Crippen molar-refractivity contribution in [1.82, 2.24) is 4.90 Å². The summed E-state index contributed by atoms with van der Waals surface area (Å²) in [6.07, 6.45) is -1.06. The van der Waals surface area contributed by atoms with E-state index in [0.29, 0.717) is 4.88 Å². The molecule has 0 aliphatic rings. The molecule has 5 N–H and O–H groups in total. The van der Waals surface area contributed by atoms with E-state index in [0.717, 1.165) is 17.4 Å². The number of Topliss-reactive ketones (excluding diaryl/α,β-unsaturated/α-hetero) is 1. The summed E-state index contributed by atoms with van der Waals surface area (Å²) in [6.45, 7) is 3.86. The molecule has 2 aromatic rings. The minimum Gasteiger partial charge on any atom is -0.481 e. The number of carboxylic acid groups (broad SMARTS) is 2. The van der Waals surface area contributed by atoms with Gasteiger partial charge >= 0.3 is 17.9 Å². The lowest BCUT2D eigenvalue weighted by Crippen LogP contribution is -2.43. The lowest BCUT2D eigenvalue weighted by atomic mass is 9.90. The number of carbonyl (C=O) groups excluding carboxylic acids is 2. The van der Waals surface area contributed by atoms with E-state index >= 15 is 0 Å². The molecule has 0 bridgehead atoms. The fraction of sp³-hybridized carbons (Fsp3) is 0.375. The number of carboxylic acids is 2. The van der Waals surface area contributed by atoms with Crippen LogP contribution in [0.2, 0.25) is 0 Å². The van der Waals surface area contributed by atoms with Crippen molar-refractivity contribution in [3.63, 3.8) is 0 Å². The van der Waals surface area contributed by atoms with Crippen LogP contribution in [0.3, 0.4) is 0 Å². The van der Waals surface area contributed by atoms with Gasteiger partial charge in [0.2, 0.25) is 0 Å². The van der Waals surface area contributed by atoms with Crippen LogP contribution in [0.4, 0.5) is 4.39 Å². The number of nitrogens with two attached hydrogens (primary N) is 1. The number of likely N-dealkylation sites (N-methyl/N-ethyl adjacent to an activating group) is 1. The smallest absolute Gasteiger partial charge is 0.353 e. The summed E-state index contributed by atoms with van der Waals surface area (Å²) in [6, 6.07) is 6.06. The zero-order valence-corrected chi connectivity index (χ0v) is 20.8. The average molecular weight is 522 g/mol. The Hall–Kier alpha value is -3.64. The van der Waals surface area contributed by atoms with E-state index in [-0.39, 0.29) is 40.3 Å². The van der Waals surface area contributed by atoms with Gasteiger partial charge in [-0.25, -0.2) is 9.18 Å². The topological polar surface area (TPSA) is 171 Å². The number of hydrogen-bond acceptors (Lipinski definition) is 8. The molecule has 2 atom stereocenters. The Morgan fingerprint density at radius 2 is 1.81 bits per heavy atom. The fourth-order valence-electron chi connectivity index (χ4n) is 3.77. The number of benzene rings is 1. The molecule has 0 radical (unpaired) electrons. The number of aliphatic carboxylic acids is 2. The third kappa shape index (κ3) is 7.68. The number of ketones is 1. The SMILES string of the molecule is CC(C)[C@H](C(=O)C[C@@H](CC(=O)O)C(=O)O)N(C)Cc1ccc(C(=O)Oc2ccc(C(=N)N)cc2F)s1. The number of nitrogens with zero attached hydrogens (tertiary/aromatic N) is 1. The first-order chi connectivity index (χ1) is 16.8. The predicted octanol–water partition coefficient (Wildman–Crippen LogP) is 2.98. The van der Waals surface area contributed by atoms with Gasteiger partial charge in [-0.1, -0.05) is 13.8 Å². The van der Waals surface area contributed by atoms with E-state index in [1.807, 2.05) is 0 Å². The predicted molar refractivity (Wildman–Crippen MR) is 130 cm³/mol. The van der Waals surface area contributed by atoms with Crippen molar-refractivity contribution < 1.29 is 38.5 Å². The molecule has 0 spiro atoms. The summed E-state index contributed by atoms with van der Waals surface area (Å²) in [5.41, 5.74) is 5.47. The first kappa shape index (κ1) is 28.6. The number of rotatable bonds is 13. The quantitative estimate of drug-likeness (QED) is 0.134. The van der Waals surface area contributed by atoms with Gasteiger partial charge in [0.1, 0.15) is 10.7 Å². The zero-order chi connectivity index (χ0) is 27.2. The van der Waals surface area contributed by atoms with Crippen molar-refractivity contribution in [3.8, 4) is 5.75 Å². The average Bonchev–Trinajstić information content (AvgIpc) is 3.22. The molecule has 0 saturated carbocycles. The van der Waals surface area contributed by atoms with Gasteiger partial charge in [0.05, 0.1) is 18.4 Å². The molecule has 0 amide bonds. The van der Waals surface area contributed by atoms with E-state index in [1.54, 1.807) is 31.9 Å². The Kier molecular flexibility index (Phi) is 9.82. The number of halogens is 1. The van der Waals surface area contributed by atoms with Gasteiger partial charge < -0.3 is 20.7 Å². The van der Waals surface area contributed by atoms with E-state index in [4.69, 9.17) is 21.0 Å². The van der Waals surface area contributed by atoms with E-state index in [1.165, 1.54) is 18.2 Å². The Morgan fingerprint density at radius 3 is 2.33 bits per heavy atom. The number of nitrogen functional groups attached to an aromatic ring is 1. The normalized spacial score (nSPS) is 12.8. The van der Waals surface area contributed by atoms with Crippen LogP contribution in [0.25, 0.3) is 0 Å². The Labute approximate surface area is 211 Å². The van der Waals surface area contributed by atoms with Crippen LogP contribution in [0.5, 0.6) is 5.75 Å². The highest BCUT2D eigenvalue weighted by atomic mass is 32.1. The second kappa shape index (κ2) is 12.4. The zero-order valence-electron chi connectivity index (χ0n) is 20.0. The van der Waals surface area contributed by atoms with Gasteiger partial charge in [0, 0.05) is 23.4 Å². The van der Waals surface area contributed by atoms with Crippen molar-refractivity contribution in [1.29, 1.82) is 5.41 Å². The molecule has 1 aromatic carbocycles. The summed E-state index contributed by atoms with van der Waals surface area (Å²) >= 11 is 1.09. The van der Waals surface area contributed by atoms with Crippen LogP contribution < -0.4 is 10.5 Å². The summed E-state index contributed by atoms with van der Waals surface area (Å²) in [7, 11) is 1.68. The first-order valence-corrected chi connectivity index (χ1v) is 11.7. The van der Waals surface area contributed by atoms with Gasteiger partial charge in [0.25, 0.3) is 0 Å². The van der Waals surface area contributed by atoms with Gasteiger partial charge in [-0.05, 0) is 43.3 Å². The van der Waals surface area contributed by atoms with Crippen molar-refractivity contribution in [3.05, 3.63) is 51.5 Å². The van der Waals surface area contributed by atoms with Crippen molar-refractivity contribution in [2.24, 2.45) is 17.6 Å². The molecule has 1 heterocycles. The summed E-state index contributed by atoms with van der Waals surface area (Å²) in [5, 5.41) is 25.5. The van der Waals surface area contributed by atoms with Gasteiger partial charge in [-0.15, -0.1) is 11.3 Å². The standard InChI is InChI=1S/C24H28FN3O7S/c1-12(2)21(17(29)9-14(23(32)33)10-20(30)31)28(3)11-15-5-7-19(36-15)24(34)35-18-6-4-13(22(26)27)8-16(18)25/h4-8,12,14,21H,9-11H2,1-3H3,(H3,26,27)(H,30,31)(H,32,33)/t14-,21+/m0/s1. The second-order valence-electron chi connectivity index (χ2n) is 8.62. The molecule has 12 heteroatoms. The number of carbonyl (C=O) groups is 4. The molecule has 0 aliphatic heterocycles. The number of nitrogens with one attached hydrogen (secondary N) is 1. The molecular weight excluding hydrogens is 493 g/mol. The minimum atomic E-state index is -1.34. The third-order valence-electron chi connectivity index (χ3n) is 5.37. The van der Waals surface area contributed by atoms with Crippen LogP contribution in [0.15, 0.2) is 30.3 Å². The molecule has 194 valence electrons. The number of esters is 1. The largest absolute Gasteiger partial charge is 0.481 e. The first-order valence-electron chi connectivity index (χ1n) is 10.9. The van der Waals surface area contributed by atoms with Crippen LogP contribution in [0.1, 0.15) is 46.8 Å². The maximum Gasteiger partial charge on any atom is 0.353 e. The highest BCUT2D eigenvalue weighted by molar-refractivity contribution is 7.13. The summed E-state index contributed by atoms with van der Waals surface area (Å²) < 4.78 is 19.3. The van der Waals surface area contributed by atoms with Crippen molar-refractivity contribution >= 4 is 40.9 Å². The number of hydrogen-bond donors (Lipinski definition) is 4. The monoisotopic (exact) mass is 521 g/mol. The van der Waals surface area contributed by atoms with E-state index in [9.17, 15) is 28.7 Å². The molecular formula is C24H28FN3O7S. The maximum atomic E-state index is 14.2. The van der Waals surface area contributed by atoms with Crippen molar-refractivity contribution in [2.45, 2.75) is 39.3 Å². The van der Waals surface area contributed by atoms with Crippen LogP contribution in [-0.2, 0) is 20.9 Å². The molecule has 2 rings (SSSR count). The molecule has 1 aromatic heterocycles. The van der Waals surface area contributed by atoms with Crippen molar-refractivity contribution in [2.75, 3.05) is 7.05 Å². The van der Waals surface area contributed by atoms with Gasteiger partial charge in [-0.3, -0.25) is 24.7 Å². The number of amidine groups is 1. The minimum absolute atomic E-state index is 0.153. The van der Waals surface area contributed by atoms with Crippen LogP contribution in [0, 0.1) is 23.1 Å². The van der Waals surface area contributed by atoms with Crippen LogP contribution >= 0.6 is 11.3 Å². The van der Waals surface area contributed by atoms with E-state index in [2.05, 4.69) is 0 Å². The number of thiophene rings is 1. The second-order valence-corrected chi connectivity index (χ2v) is 9.79. The lowest BCUT2D eigenvalue weighted by Gasteiger charge is -2.30. The Morgan fingerprint density at radius 1 is 1.14 bits per heavy atom. The molecule has 0 aliphatic carbocycles. The summed E-state index contributed by atoms with van der Waals surface area (Å²) in [5.74, 6) is -6.78. The molecule has 0 unspecified atom stereocenters. The number of ether oxygens (including phenoxy) is 1.